The van der Waals surface area contributed by atoms with Crippen LogP contribution in [0.5, 0.6) is 0 Å². The van der Waals surface area contributed by atoms with Crippen molar-refractivity contribution in [2.75, 3.05) is 0 Å². The van der Waals surface area contributed by atoms with Crippen LogP contribution in [0.25, 0.3) is 0 Å². The average molecular weight is 277 g/mol. The first kappa shape index (κ1) is 16.4. The number of carbonyl (C=O) groups excluding carboxylic acids is 1. The highest BCUT2D eigenvalue weighted by atomic mass is 32.3. The Morgan fingerprint density at radius 3 is 2.11 bits per heavy atom. The first-order valence-corrected chi connectivity index (χ1v) is 6.25. The molecular weight excluding hydrogens is 262 g/mol. The summed E-state index contributed by atoms with van der Waals surface area (Å²) >= 11 is 0. The van der Waals surface area contributed by atoms with Gasteiger partial charge in [-0.25, -0.2) is 5.43 Å². The summed E-state index contributed by atoms with van der Waals surface area (Å²) in [4.78, 5) is 15.2. The van der Waals surface area contributed by atoms with Gasteiger partial charge in [0, 0.05) is 24.0 Å². The lowest BCUT2D eigenvalue weighted by Crippen LogP contribution is -2.41. The quantitative estimate of drug-likeness (QED) is 0.454. The zero-order valence-electron chi connectivity index (χ0n) is 9.86. The van der Waals surface area contributed by atoms with Gasteiger partial charge in [0.2, 0.25) is 0 Å². The van der Waals surface area contributed by atoms with Crippen LogP contribution >= 0.6 is 0 Å². The second-order valence-electron chi connectivity index (χ2n) is 3.44. The Morgan fingerprint density at radius 2 is 1.72 bits per heavy atom. The van der Waals surface area contributed by atoms with Gasteiger partial charge in [-0.2, -0.15) is 8.42 Å². The number of hydrogen-bond donors (Lipinski definition) is 4. The predicted octanol–water partition coefficient (Wildman–Crippen LogP) is 0.0716. The van der Waals surface area contributed by atoms with Crippen molar-refractivity contribution >= 4 is 16.3 Å². The molecule has 1 heterocycles. The monoisotopic (exact) mass is 277 g/mol. The van der Waals surface area contributed by atoms with Gasteiger partial charge in [0.15, 0.2) is 0 Å². The third-order valence-corrected chi connectivity index (χ3v) is 1.42. The minimum atomic E-state index is -4.67. The lowest BCUT2D eigenvalue weighted by Gasteiger charge is -2.09. The third-order valence-electron chi connectivity index (χ3n) is 1.42. The molecule has 0 aliphatic rings. The van der Waals surface area contributed by atoms with Gasteiger partial charge in [0.1, 0.15) is 0 Å². The Morgan fingerprint density at radius 1 is 1.28 bits per heavy atom. The highest BCUT2D eigenvalue weighted by Crippen LogP contribution is 1.94. The molecule has 0 aliphatic carbocycles. The zero-order chi connectivity index (χ0) is 14.2. The third kappa shape index (κ3) is 11.0. The van der Waals surface area contributed by atoms with Crippen molar-refractivity contribution in [1.82, 2.24) is 15.8 Å². The summed E-state index contributed by atoms with van der Waals surface area (Å²) in [5, 5.41) is 0. The molecule has 4 N–H and O–H groups in total. The van der Waals surface area contributed by atoms with Gasteiger partial charge < -0.3 is 0 Å². The van der Waals surface area contributed by atoms with E-state index in [1.807, 2.05) is 13.8 Å². The number of hydrazine groups is 1. The molecule has 0 bridgehead atoms. The average Bonchev–Trinajstić information content (AvgIpc) is 2.25. The van der Waals surface area contributed by atoms with E-state index in [0.717, 1.165) is 0 Å². The van der Waals surface area contributed by atoms with Gasteiger partial charge in [-0.15, -0.1) is 0 Å². The van der Waals surface area contributed by atoms with Crippen LogP contribution in [-0.2, 0) is 10.4 Å². The second kappa shape index (κ2) is 7.71. The zero-order valence-corrected chi connectivity index (χ0v) is 10.7. The predicted molar refractivity (Wildman–Crippen MR) is 64.2 cm³/mol. The van der Waals surface area contributed by atoms with Crippen LogP contribution in [-0.4, -0.2) is 34.5 Å². The SMILES string of the molecule is CC(C)NNC(=O)c1ccncc1.O=S(=O)(O)O. The Kier molecular flexibility index (Phi) is 7.05. The Hall–Kier alpha value is -1.55. The molecule has 0 saturated carbocycles. The lowest BCUT2D eigenvalue weighted by molar-refractivity contribution is 0.0927. The minimum Gasteiger partial charge on any atom is -0.287 e. The summed E-state index contributed by atoms with van der Waals surface area (Å²) in [6, 6.07) is 3.56. The van der Waals surface area contributed by atoms with Gasteiger partial charge >= 0.3 is 10.4 Å². The van der Waals surface area contributed by atoms with E-state index < -0.39 is 10.4 Å². The fourth-order valence-electron chi connectivity index (χ4n) is 0.785. The summed E-state index contributed by atoms with van der Waals surface area (Å²) < 4.78 is 31.6. The largest absolute Gasteiger partial charge is 0.394 e. The van der Waals surface area contributed by atoms with E-state index in [2.05, 4.69) is 15.8 Å². The molecule has 0 aliphatic heterocycles. The number of hydrogen-bond acceptors (Lipinski definition) is 5. The van der Waals surface area contributed by atoms with Crippen LogP contribution in [0.2, 0.25) is 0 Å². The minimum absolute atomic E-state index is 0.142. The molecule has 0 atom stereocenters. The molecule has 1 aromatic heterocycles. The van der Waals surface area contributed by atoms with Gasteiger partial charge in [0.25, 0.3) is 5.91 Å². The van der Waals surface area contributed by atoms with Gasteiger partial charge in [0.05, 0.1) is 0 Å². The molecule has 1 rings (SSSR count). The maximum atomic E-state index is 11.3. The highest BCUT2D eigenvalue weighted by Gasteiger charge is 2.03. The fraction of sp³-hybridized carbons (Fsp3) is 0.333. The number of amides is 1. The maximum Gasteiger partial charge on any atom is 0.394 e. The summed E-state index contributed by atoms with van der Waals surface area (Å²) in [7, 11) is -4.67. The molecule has 102 valence electrons. The van der Waals surface area contributed by atoms with Crippen molar-refractivity contribution in [3.8, 4) is 0 Å². The van der Waals surface area contributed by atoms with Gasteiger partial charge in [-0.1, -0.05) is 0 Å². The molecule has 0 spiro atoms. The Bertz CT molecular complexity index is 452. The molecule has 0 saturated heterocycles. The van der Waals surface area contributed by atoms with E-state index in [1.165, 1.54) is 0 Å². The van der Waals surface area contributed by atoms with Crippen molar-refractivity contribution in [2.45, 2.75) is 19.9 Å². The van der Waals surface area contributed by atoms with Crippen molar-refractivity contribution in [2.24, 2.45) is 0 Å². The molecule has 0 fully saturated rings. The van der Waals surface area contributed by atoms with Crippen molar-refractivity contribution in [3.63, 3.8) is 0 Å². The molecule has 1 amide bonds. The number of rotatable bonds is 3. The summed E-state index contributed by atoms with van der Waals surface area (Å²) in [5.74, 6) is -0.142. The smallest absolute Gasteiger partial charge is 0.287 e. The van der Waals surface area contributed by atoms with Crippen LogP contribution in [0.3, 0.4) is 0 Å². The highest BCUT2D eigenvalue weighted by molar-refractivity contribution is 7.79. The standard InChI is InChI=1S/C9H13N3O.H2O4S/c1-7(2)11-12-9(13)8-3-5-10-6-4-8;1-5(2,3)4/h3-7,11H,1-2H3,(H,12,13);(H2,1,2,3,4). The van der Waals surface area contributed by atoms with E-state index >= 15 is 0 Å². The van der Waals surface area contributed by atoms with Crippen LogP contribution in [0.15, 0.2) is 24.5 Å². The molecular formula is C9H15N3O5S. The van der Waals surface area contributed by atoms with Crippen molar-refractivity contribution < 1.29 is 22.3 Å². The summed E-state index contributed by atoms with van der Waals surface area (Å²) in [6.07, 6.45) is 3.18. The van der Waals surface area contributed by atoms with Gasteiger partial charge in [-0.05, 0) is 26.0 Å². The molecule has 18 heavy (non-hydrogen) atoms. The van der Waals surface area contributed by atoms with E-state index in [4.69, 9.17) is 17.5 Å². The second-order valence-corrected chi connectivity index (χ2v) is 4.33. The van der Waals surface area contributed by atoms with Crippen LogP contribution in [0, 0.1) is 0 Å². The summed E-state index contributed by atoms with van der Waals surface area (Å²) in [5.41, 5.74) is 6.01. The molecule has 9 heteroatoms. The van der Waals surface area contributed by atoms with Crippen LogP contribution in [0.4, 0.5) is 0 Å². The molecule has 0 radical (unpaired) electrons. The first-order chi connectivity index (χ1) is 8.20. The van der Waals surface area contributed by atoms with Crippen molar-refractivity contribution in [3.05, 3.63) is 30.1 Å². The lowest BCUT2D eigenvalue weighted by atomic mass is 10.2. The van der Waals surface area contributed by atoms with E-state index in [0.29, 0.717) is 5.56 Å². The Labute approximate surface area is 105 Å². The number of nitrogens with zero attached hydrogens (tertiary/aromatic N) is 1. The van der Waals surface area contributed by atoms with Crippen molar-refractivity contribution in [1.29, 1.82) is 0 Å². The number of pyridine rings is 1. The molecule has 8 nitrogen and oxygen atoms in total. The topological polar surface area (TPSA) is 129 Å². The Balaban J connectivity index is 0.000000494. The van der Waals surface area contributed by atoms with E-state index in [1.54, 1.807) is 24.5 Å². The molecule has 1 aromatic rings. The number of aromatic nitrogens is 1. The number of carbonyl (C=O) groups is 1. The molecule has 0 unspecified atom stereocenters. The van der Waals surface area contributed by atoms with Gasteiger partial charge in [-0.3, -0.25) is 24.3 Å². The summed E-state index contributed by atoms with van der Waals surface area (Å²) in [6.45, 7) is 3.90. The van der Waals surface area contributed by atoms with E-state index in [9.17, 15) is 4.79 Å². The first-order valence-electron chi connectivity index (χ1n) is 4.86. The van der Waals surface area contributed by atoms with Crippen LogP contribution in [0.1, 0.15) is 24.2 Å². The van der Waals surface area contributed by atoms with E-state index in [-0.39, 0.29) is 11.9 Å². The number of nitrogens with one attached hydrogen (secondary N) is 2. The van der Waals surface area contributed by atoms with Crippen LogP contribution < -0.4 is 10.9 Å². The normalized spacial score (nSPS) is 10.5. The molecule has 0 aromatic carbocycles. The maximum absolute atomic E-state index is 11.3. The fourth-order valence-corrected chi connectivity index (χ4v) is 0.785.